The molecule has 2 aromatic rings. The summed E-state index contributed by atoms with van der Waals surface area (Å²) in [5, 5.41) is 0.909. The molecule has 32 heavy (non-hydrogen) atoms. The van der Waals surface area contributed by atoms with E-state index in [-0.39, 0.29) is 29.9 Å². The lowest BCUT2D eigenvalue weighted by Crippen LogP contribution is -2.45. The smallest absolute Gasteiger partial charge is 0.330 e. The minimum Gasteiger partial charge on any atom is -0.383 e. The van der Waals surface area contributed by atoms with Gasteiger partial charge >= 0.3 is 5.69 Å². The van der Waals surface area contributed by atoms with Gasteiger partial charge in [-0.1, -0.05) is 56.5 Å². The number of hydrogen-bond acceptors (Lipinski definition) is 5. The summed E-state index contributed by atoms with van der Waals surface area (Å²) in [6.07, 6.45) is 1.51. The Bertz CT molecular complexity index is 1060. The quantitative estimate of drug-likeness (QED) is 0.538. The number of likely N-dealkylation sites (N-methyl/N-ethyl adjacent to an activating group) is 1. The molecule has 0 spiro atoms. The van der Waals surface area contributed by atoms with E-state index in [4.69, 9.17) is 28.9 Å². The fourth-order valence-corrected chi connectivity index (χ4v) is 3.70. The standard InChI is InChI=1S/C22H31Cl2N5O3/c1-5-6-9-28(19-20(25)29(11-14(2)3)22(32)26-21(19)31)18(30)13-27(4)12-15-7-8-16(23)17(24)10-15/h7-8,10,14H,5-6,9,11-13,25H2,1-4H3,(H,26,31,32). The molecular formula is C22H31Cl2N5O3. The second kappa shape index (κ2) is 11.5. The Morgan fingerprint density at radius 3 is 2.50 bits per heavy atom. The summed E-state index contributed by atoms with van der Waals surface area (Å²) < 4.78 is 1.31. The number of halogens is 2. The highest BCUT2D eigenvalue weighted by Gasteiger charge is 2.25. The van der Waals surface area contributed by atoms with Crippen LogP contribution in [-0.4, -0.2) is 40.5 Å². The Kier molecular flexibility index (Phi) is 9.36. The molecule has 0 radical (unpaired) electrons. The minimum absolute atomic E-state index is 0.00374. The van der Waals surface area contributed by atoms with E-state index in [1.165, 1.54) is 9.47 Å². The van der Waals surface area contributed by atoms with E-state index >= 15 is 0 Å². The summed E-state index contributed by atoms with van der Waals surface area (Å²) in [6, 6.07) is 5.30. The number of nitrogen functional groups attached to an aromatic ring is 1. The van der Waals surface area contributed by atoms with Gasteiger partial charge in [0.25, 0.3) is 5.56 Å². The number of aromatic amines is 1. The molecule has 0 aliphatic heterocycles. The molecule has 1 aromatic carbocycles. The number of benzene rings is 1. The average Bonchev–Trinajstić information content (AvgIpc) is 2.70. The highest BCUT2D eigenvalue weighted by atomic mass is 35.5. The largest absolute Gasteiger partial charge is 0.383 e. The summed E-state index contributed by atoms with van der Waals surface area (Å²) in [7, 11) is 1.80. The fourth-order valence-electron chi connectivity index (χ4n) is 3.38. The molecule has 0 unspecified atom stereocenters. The van der Waals surface area contributed by atoms with E-state index in [0.29, 0.717) is 36.1 Å². The Hall–Kier alpha value is -2.29. The number of amides is 1. The van der Waals surface area contributed by atoms with Gasteiger partial charge in [-0.25, -0.2) is 4.79 Å². The number of carbonyl (C=O) groups is 1. The first-order chi connectivity index (χ1) is 15.0. The first-order valence-electron chi connectivity index (χ1n) is 10.6. The first-order valence-corrected chi connectivity index (χ1v) is 11.4. The van der Waals surface area contributed by atoms with Crippen LogP contribution in [0.5, 0.6) is 0 Å². The molecule has 1 heterocycles. The third kappa shape index (κ3) is 6.60. The van der Waals surface area contributed by atoms with Gasteiger partial charge in [-0.05, 0) is 37.1 Å². The maximum Gasteiger partial charge on any atom is 0.330 e. The zero-order valence-electron chi connectivity index (χ0n) is 19.0. The van der Waals surface area contributed by atoms with Crippen molar-refractivity contribution in [1.82, 2.24) is 14.5 Å². The molecule has 10 heteroatoms. The third-order valence-electron chi connectivity index (χ3n) is 4.91. The fraction of sp³-hybridized carbons (Fsp3) is 0.500. The van der Waals surface area contributed by atoms with Gasteiger partial charge in [-0.3, -0.25) is 24.0 Å². The zero-order chi connectivity index (χ0) is 24.0. The molecular weight excluding hydrogens is 453 g/mol. The van der Waals surface area contributed by atoms with Crippen LogP contribution in [0.25, 0.3) is 0 Å². The highest BCUT2D eigenvalue weighted by Crippen LogP contribution is 2.23. The SMILES string of the molecule is CCCCN(C(=O)CN(C)Cc1ccc(Cl)c(Cl)c1)c1c(N)n(CC(C)C)c(=O)[nH]c1=O. The van der Waals surface area contributed by atoms with Crippen LogP contribution < -0.4 is 21.9 Å². The number of rotatable bonds is 10. The third-order valence-corrected chi connectivity index (χ3v) is 5.65. The van der Waals surface area contributed by atoms with Gasteiger partial charge in [-0.15, -0.1) is 0 Å². The maximum absolute atomic E-state index is 13.2. The van der Waals surface area contributed by atoms with Crippen LogP contribution in [0, 0.1) is 5.92 Å². The molecule has 0 aliphatic carbocycles. The molecule has 2 rings (SSSR count). The number of nitrogens with zero attached hydrogens (tertiary/aromatic N) is 3. The molecule has 0 saturated carbocycles. The number of aromatic nitrogens is 2. The van der Waals surface area contributed by atoms with Crippen molar-refractivity contribution in [3.8, 4) is 0 Å². The Labute approximate surface area is 197 Å². The molecule has 0 aliphatic rings. The lowest BCUT2D eigenvalue weighted by Gasteiger charge is -2.27. The second-order valence-corrected chi connectivity index (χ2v) is 9.13. The van der Waals surface area contributed by atoms with Crippen molar-refractivity contribution < 1.29 is 4.79 Å². The number of H-pyrrole nitrogens is 1. The van der Waals surface area contributed by atoms with Gasteiger partial charge in [0, 0.05) is 19.6 Å². The normalized spacial score (nSPS) is 11.4. The number of nitrogens with one attached hydrogen (secondary N) is 1. The van der Waals surface area contributed by atoms with Crippen molar-refractivity contribution in [2.45, 2.75) is 46.7 Å². The molecule has 0 fully saturated rings. The number of carbonyl (C=O) groups excluding carboxylic acids is 1. The van der Waals surface area contributed by atoms with Gasteiger partial charge in [0.2, 0.25) is 5.91 Å². The van der Waals surface area contributed by atoms with E-state index < -0.39 is 11.2 Å². The maximum atomic E-state index is 13.2. The highest BCUT2D eigenvalue weighted by molar-refractivity contribution is 6.42. The predicted molar refractivity (Wildman–Crippen MR) is 131 cm³/mol. The Balaban J connectivity index is 2.32. The molecule has 1 amide bonds. The molecule has 0 saturated heterocycles. The molecule has 3 N–H and O–H groups in total. The molecule has 0 atom stereocenters. The molecule has 1 aromatic heterocycles. The van der Waals surface area contributed by atoms with Crippen molar-refractivity contribution in [2.75, 3.05) is 30.8 Å². The summed E-state index contributed by atoms with van der Waals surface area (Å²) in [6.45, 7) is 7.04. The van der Waals surface area contributed by atoms with Gasteiger partial charge in [0.05, 0.1) is 16.6 Å². The van der Waals surface area contributed by atoms with E-state index in [2.05, 4.69) is 4.98 Å². The lowest BCUT2D eigenvalue weighted by molar-refractivity contribution is -0.119. The number of unbranched alkanes of at least 4 members (excludes halogenated alkanes) is 1. The second-order valence-electron chi connectivity index (χ2n) is 8.32. The van der Waals surface area contributed by atoms with Crippen molar-refractivity contribution in [2.24, 2.45) is 5.92 Å². The Morgan fingerprint density at radius 1 is 1.22 bits per heavy atom. The van der Waals surface area contributed by atoms with E-state index in [1.807, 2.05) is 31.7 Å². The van der Waals surface area contributed by atoms with Gasteiger partial charge in [0.15, 0.2) is 5.69 Å². The van der Waals surface area contributed by atoms with Crippen LogP contribution in [0.3, 0.4) is 0 Å². The zero-order valence-corrected chi connectivity index (χ0v) is 20.5. The lowest BCUT2D eigenvalue weighted by atomic mass is 10.2. The summed E-state index contributed by atoms with van der Waals surface area (Å²) in [5.74, 6) is -0.150. The van der Waals surface area contributed by atoms with Crippen molar-refractivity contribution in [3.05, 3.63) is 54.6 Å². The topological polar surface area (TPSA) is 104 Å². The van der Waals surface area contributed by atoms with Crippen LogP contribution >= 0.6 is 23.2 Å². The van der Waals surface area contributed by atoms with Crippen molar-refractivity contribution >= 4 is 40.6 Å². The number of hydrogen-bond donors (Lipinski definition) is 2. The number of nitrogens with two attached hydrogens (primary N) is 1. The molecule has 8 nitrogen and oxygen atoms in total. The predicted octanol–water partition coefficient (Wildman–Crippen LogP) is 3.35. The van der Waals surface area contributed by atoms with E-state index in [9.17, 15) is 14.4 Å². The first kappa shape index (κ1) is 26.0. The van der Waals surface area contributed by atoms with Crippen LogP contribution in [0.2, 0.25) is 10.0 Å². The van der Waals surface area contributed by atoms with E-state index in [0.717, 1.165) is 12.0 Å². The van der Waals surface area contributed by atoms with Crippen molar-refractivity contribution in [1.29, 1.82) is 0 Å². The van der Waals surface area contributed by atoms with Gasteiger partial charge in [0.1, 0.15) is 5.82 Å². The van der Waals surface area contributed by atoms with Crippen LogP contribution in [0.1, 0.15) is 39.2 Å². The van der Waals surface area contributed by atoms with Crippen LogP contribution in [-0.2, 0) is 17.9 Å². The van der Waals surface area contributed by atoms with E-state index in [1.54, 1.807) is 19.2 Å². The molecule has 0 bridgehead atoms. The van der Waals surface area contributed by atoms with Gasteiger partial charge in [-0.2, -0.15) is 0 Å². The minimum atomic E-state index is -0.663. The number of anilines is 2. The molecule has 176 valence electrons. The van der Waals surface area contributed by atoms with Crippen LogP contribution in [0.4, 0.5) is 11.5 Å². The van der Waals surface area contributed by atoms with Crippen LogP contribution in [0.15, 0.2) is 27.8 Å². The summed E-state index contributed by atoms with van der Waals surface area (Å²) in [4.78, 5) is 43.7. The Morgan fingerprint density at radius 2 is 1.91 bits per heavy atom. The van der Waals surface area contributed by atoms with Gasteiger partial charge < -0.3 is 10.6 Å². The summed E-state index contributed by atoms with van der Waals surface area (Å²) >= 11 is 12.1. The average molecular weight is 484 g/mol. The monoisotopic (exact) mass is 483 g/mol. The van der Waals surface area contributed by atoms with Crippen molar-refractivity contribution in [3.63, 3.8) is 0 Å². The summed E-state index contributed by atoms with van der Waals surface area (Å²) in [5.41, 5.74) is 5.92.